The van der Waals surface area contributed by atoms with Crippen molar-refractivity contribution in [2.24, 2.45) is 17.1 Å². The van der Waals surface area contributed by atoms with Crippen molar-refractivity contribution < 1.29 is 4.79 Å². The molecule has 0 radical (unpaired) electrons. The number of hydrogen-bond donors (Lipinski definition) is 3. The summed E-state index contributed by atoms with van der Waals surface area (Å²) in [7, 11) is 0. The molecule has 4 nitrogen and oxygen atoms in total. The van der Waals surface area contributed by atoms with Crippen LogP contribution in [0.25, 0.3) is 0 Å². The van der Waals surface area contributed by atoms with Gasteiger partial charge in [-0.05, 0) is 54.7 Å². The van der Waals surface area contributed by atoms with Crippen LogP contribution in [0.5, 0.6) is 0 Å². The van der Waals surface area contributed by atoms with Crippen LogP contribution >= 0.6 is 0 Å². The standard InChI is InChI=1S/C15H21N3O/c16-9-11-1-5-13(6-2-11)18-14(19)17-10-15(7-8-15)12-3-4-12/h1-2,5-6,12H,3-4,7-10,16H2,(H2,17,18,19). The number of nitrogens with two attached hydrogens (primary N) is 1. The van der Waals surface area contributed by atoms with E-state index in [-0.39, 0.29) is 6.03 Å². The third kappa shape index (κ3) is 2.89. The highest BCUT2D eigenvalue weighted by Gasteiger charge is 2.53. The van der Waals surface area contributed by atoms with Gasteiger partial charge in [0.2, 0.25) is 0 Å². The minimum atomic E-state index is -0.104. The number of rotatable bonds is 5. The molecule has 0 heterocycles. The van der Waals surface area contributed by atoms with Crippen molar-refractivity contribution in [3.05, 3.63) is 29.8 Å². The molecule has 102 valence electrons. The van der Waals surface area contributed by atoms with Crippen molar-refractivity contribution in [2.75, 3.05) is 11.9 Å². The van der Waals surface area contributed by atoms with Gasteiger partial charge in [0, 0.05) is 18.8 Å². The number of carbonyl (C=O) groups excluding carboxylic acids is 1. The van der Waals surface area contributed by atoms with E-state index in [9.17, 15) is 4.79 Å². The first-order valence-electron chi connectivity index (χ1n) is 7.06. The highest BCUT2D eigenvalue weighted by atomic mass is 16.2. The Labute approximate surface area is 113 Å². The number of amides is 2. The number of carbonyl (C=O) groups is 1. The molecule has 0 bridgehead atoms. The van der Waals surface area contributed by atoms with E-state index in [4.69, 9.17) is 5.73 Å². The summed E-state index contributed by atoms with van der Waals surface area (Å²) in [6.07, 6.45) is 5.26. The molecule has 2 aliphatic rings. The van der Waals surface area contributed by atoms with Crippen molar-refractivity contribution in [3.63, 3.8) is 0 Å². The molecule has 19 heavy (non-hydrogen) atoms. The Morgan fingerprint density at radius 2 is 1.95 bits per heavy atom. The van der Waals surface area contributed by atoms with Crippen molar-refractivity contribution >= 4 is 11.7 Å². The van der Waals surface area contributed by atoms with Gasteiger partial charge in [-0.2, -0.15) is 0 Å². The lowest BCUT2D eigenvalue weighted by atomic mass is 10.0. The first-order valence-corrected chi connectivity index (χ1v) is 7.06. The molecule has 0 atom stereocenters. The fourth-order valence-corrected chi connectivity index (χ4v) is 2.74. The van der Waals surface area contributed by atoms with Crippen LogP contribution in [0.2, 0.25) is 0 Å². The van der Waals surface area contributed by atoms with Gasteiger partial charge in [-0.3, -0.25) is 0 Å². The average molecular weight is 259 g/mol. The molecule has 0 unspecified atom stereocenters. The molecule has 2 fully saturated rings. The third-order valence-corrected chi connectivity index (χ3v) is 4.38. The van der Waals surface area contributed by atoms with Crippen molar-refractivity contribution in [1.82, 2.24) is 5.32 Å². The maximum Gasteiger partial charge on any atom is 0.319 e. The van der Waals surface area contributed by atoms with Crippen molar-refractivity contribution in [2.45, 2.75) is 32.2 Å². The minimum Gasteiger partial charge on any atom is -0.337 e. The summed E-state index contributed by atoms with van der Waals surface area (Å²) in [5.41, 5.74) is 7.86. The van der Waals surface area contributed by atoms with Gasteiger partial charge in [0.25, 0.3) is 0 Å². The van der Waals surface area contributed by atoms with Crippen LogP contribution in [0, 0.1) is 11.3 Å². The van der Waals surface area contributed by atoms with E-state index in [1.54, 1.807) is 0 Å². The summed E-state index contributed by atoms with van der Waals surface area (Å²) in [6, 6.07) is 7.53. The van der Waals surface area contributed by atoms with E-state index in [1.807, 2.05) is 24.3 Å². The van der Waals surface area contributed by atoms with E-state index in [0.29, 0.717) is 12.0 Å². The van der Waals surface area contributed by atoms with Crippen molar-refractivity contribution in [1.29, 1.82) is 0 Å². The van der Waals surface area contributed by atoms with Gasteiger partial charge in [-0.1, -0.05) is 12.1 Å². The summed E-state index contributed by atoms with van der Waals surface area (Å²) in [4.78, 5) is 11.8. The van der Waals surface area contributed by atoms with E-state index in [1.165, 1.54) is 25.7 Å². The molecule has 0 aliphatic heterocycles. The molecule has 2 amide bonds. The lowest BCUT2D eigenvalue weighted by molar-refractivity contribution is 0.248. The van der Waals surface area contributed by atoms with Crippen LogP contribution in [0.15, 0.2) is 24.3 Å². The van der Waals surface area contributed by atoms with Crippen LogP contribution in [0.4, 0.5) is 10.5 Å². The SMILES string of the molecule is NCc1ccc(NC(=O)NCC2(C3CC3)CC2)cc1. The van der Waals surface area contributed by atoms with Crippen molar-refractivity contribution in [3.8, 4) is 0 Å². The number of benzene rings is 1. The quantitative estimate of drug-likeness (QED) is 0.760. The normalized spacial score (nSPS) is 19.8. The van der Waals surface area contributed by atoms with Gasteiger partial charge in [0.1, 0.15) is 0 Å². The van der Waals surface area contributed by atoms with Gasteiger partial charge in [-0.25, -0.2) is 4.79 Å². The molecular weight excluding hydrogens is 238 g/mol. The maximum atomic E-state index is 11.8. The number of nitrogens with one attached hydrogen (secondary N) is 2. The zero-order chi connectivity index (χ0) is 13.3. The lowest BCUT2D eigenvalue weighted by Crippen LogP contribution is -2.34. The topological polar surface area (TPSA) is 67.1 Å². The zero-order valence-electron chi connectivity index (χ0n) is 11.1. The summed E-state index contributed by atoms with van der Waals surface area (Å²) in [5, 5.41) is 5.87. The highest BCUT2D eigenvalue weighted by molar-refractivity contribution is 5.89. The molecule has 1 aromatic rings. The average Bonchev–Trinajstić information content (AvgIpc) is 3.29. The van der Waals surface area contributed by atoms with Crippen LogP contribution in [-0.2, 0) is 6.54 Å². The van der Waals surface area contributed by atoms with E-state index in [2.05, 4.69) is 10.6 Å². The second kappa shape index (κ2) is 4.85. The third-order valence-electron chi connectivity index (χ3n) is 4.38. The van der Waals surface area contributed by atoms with Crippen LogP contribution < -0.4 is 16.4 Å². The van der Waals surface area contributed by atoms with E-state index in [0.717, 1.165) is 23.7 Å². The summed E-state index contributed by atoms with van der Waals surface area (Å²) < 4.78 is 0. The summed E-state index contributed by atoms with van der Waals surface area (Å²) in [5.74, 6) is 0.872. The molecule has 2 aliphatic carbocycles. The molecule has 4 N–H and O–H groups in total. The second-order valence-corrected chi connectivity index (χ2v) is 5.85. The predicted octanol–water partition coefficient (Wildman–Crippen LogP) is 2.46. The van der Waals surface area contributed by atoms with E-state index < -0.39 is 0 Å². The van der Waals surface area contributed by atoms with Gasteiger partial charge in [0.05, 0.1) is 0 Å². The summed E-state index contributed by atoms with van der Waals surface area (Å²) >= 11 is 0. The Hall–Kier alpha value is -1.55. The summed E-state index contributed by atoms with van der Waals surface area (Å²) in [6.45, 7) is 1.35. The fraction of sp³-hybridized carbons (Fsp3) is 0.533. The smallest absolute Gasteiger partial charge is 0.319 e. The largest absolute Gasteiger partial charge is 0.337 e. The number of urea groups is 1. The Bertz CT molecular complexity index is 461. The lowest BCUT2D eigenvalue weighted by Gasteiger charge is -2.15. The first kappa shape index (κ1) is 12.5. The maximum absolute atomic E-state index is 11.8. The molecule has 3 rings (SSSR count). The Kier molecular flexibility index (Phi) is 3.19. The Morgan fingerprint density at radius 1 is 1.26 bits per heavy atom. The molecule has 0 saturated heterocycles. The molecular formula is C15H21N3O. The Morgan fingerprint density at radius 3 is 2.47 bits per heavy atom. The minimum absolute atomic E-state index is 0.104. The van der Waals surface area contributed by atoms with E-state index >= 15 is 0 Å². The van der Waals surface area contributed by atoms with Crippen LogP contribution in [0.3, 0.4) is 0 Å². The fourth-order valence-electron chi connectivity index (χ4n) is 2.74. The van der Waals surface area contributed by atoms with Gasteiger partial charge >= 0.3 is 6.03 Å². The van der Waals surface area contributed by atoms with Gasteiger partial charge < -0.3 is 16.4 Å². The molecule has 1 aromatic carbocycles. The number of hydrogen-bond acceptors (Lipinski definition) is 2. The van der Waals surface area contributed by atoms with Gasteiger partial charge in [-0.15, -0.1) is 0 Å². The number of anilines is 1. The highest BCUT2D eigenvalue weighted by Crippen LogP contribution is 2.60. The monoisotopic (exact) mass is 259 g/mol. The molecule has 0 aromatic heterocycles. The van der Waals surface area contributed by atoms with Gasteiger partial charge in [0.15, 0.2) is 0 Å². The van der Waals surface area contributed by atoms with Crippen LogP contribution in [0.1, 0.15) is 31.2 Å². The Balaban J connectivity index is 1.47. The predicted molar refractivity (Wildman–Crippen MR) is 75.7 cm³/mol. The van der Waals surface area contributed by atoms with Crippen LogP contribution in [-0.4, -0.2) is 12.6 Å². The molecule has 0 spiro atoms. The zero-order valence-corrected chi connectivity index (χ0v) is 11.1. The second-order valence-electron chi connectivity index (χ2n) is 5.85. The first-order chi connectivity index (χ1) is 9.22. The molecule has 2 saturated carbocycles. The molecule has 4 heteroatoms.